The molecule has 1 aliphatic heterocycles. The molecule has 31 heavy (non-hydrogen) atoms. The normalized spacial score (nSPS) is 16.1. The van der Waals surface area contributed by atoms with E-state index in [-0.39, 0.29) is 11.7 Å². The van der Waals surface area contributed by atoms with Crippen molar-refractivity contribution in [2.75, 3.05) is 5.32 Å². The number of amides is 2. The molecule has 0 saturated carbocycles. The van der Waals surface area contributed by atoms with Gasteiger partial charge in [-0.15, -0.1) is 0 Å². The molecule has 4 rings (SSSR count). The van der Waals surface area contributed by atoms with Gasteiger partial charge in [-0.1, -0.05) is 46.3 Å². The predicted molar refractivity (Wildman–Crippen MR) is 119 cm³/mol. The van der Waals surface area contributed by atoms with Crippen molar-refractivity contribution in [2.24, 2.45) is 0 Å². The van der Waals surface area contributed by atoms with Crippen LogP contribution >= 0.6 is 15.9 Å². The summed E-state index contributed by atoms with van der Waals surface area (Å²) in [6.45, 7) is 1.62. The fourth-order valence-corrected chi connectivity index (χ4v) is 3.61. The molecular formula is C23H20BrN3O4. The predicted octanol–water partition coefficient (Wildman–Crippen LogP) is 4.22. The van der Waals surface area contributed by atoms with Gasteiger partial charge in [-0.3, -0.25) is 15.0 Å². The number of ether oxygens (including phenoxy) is 1. The van der Waals surface area contributed by atoms with E-state index in [2.05, 4.69) is 26.7 Å². The summed E-state index contributed by atoms with van der Waals surface area (Å²) in [5.74, 6) is -0.178. The molecule has 0 aromatic heterocycles. The third kappa shape index (κ3) is 4.49. The summed E-state index contributed by atoms with van der Waals surface area (Å²) in [6, 6.07) is 20.7. The number of aromatic hydroxyl groups is 1. The van der Waals surface area contributed by atoms with Crippen LogP contribution < -0.4 is 15.5 Å². The molecular weight excluding hydrogens is 462 g/mol. The molecule has 2 unspecified atom stereocenters. The van der Waals surface area contributed by atoms with Gasteiger partial charge >= 0.3 is 0 Å². The van der Waals surface area contributed by atoms with Crippen molar-refractivity contribution in [3.05, 3.63) is 88.4 Å². The van der Waals surface area contributed by atoms with Crippen molar-refractivity contribution in [3.8, 4) is 11.5 Å². The first-order valence-corrected chi connectivity index (χ1v) is 10.4. The second-order valence-corrected chi connectivity index (χ2v) is 7.97. The lowest BCUT2D eigenvalue weighted by Gasteiger charge is -2.38. The van der Waals surface area contributed by atoms with E-state index in [1.165, 1.54) is 17.1 Å². The van der Waals surface area contributed by atoms with Crippen molar-refractivity contribution in [3.63, 3.8) is 0 Å². The number of hydrazine groups is 1. The molecule has 158 valence electrons. The van der Waals surface area contributed by atoms with Gasteiger partial charge in [0.1, 0.15) is 17.7 Å². The lowest BCUT2D eigenvalue weighted by atomic mass is 10.0. The van der Waals surface area contributed by atoms with Gasteiger partial charge in [-0.2, -0.15) is 0 Å². The number of anilines is 1. The van der Waals surface area contributed by atoms with Crippen molar-refractivity contribution in [2.45, 2.75) is 19.2 Å². The first-order valence-electron chi connectivity index (χ1n) is 9.63. The van der Waals surface area contributed by atoms with Gasteiger partial charge in [0.15, 0.2) is 6.10 Å². The summed E-state index contributed by atoms with van der Waals surface area (Å²) in [5.41, 5.74) is 4.44. The minimum Gasteiger partial charge on any atom is -0.508 e. The Bertz CT molecular complexity index is 1110. The quantitative estimate of drug-likeness (QED) is 0.507. The van der Waals surface area contributed by atoms with Crippen molar-refractivity contribution in [1.82, 2.24) is 10.4 Å². The molecule has 8 heteroatoms. The molecule has 2 amide bonds. The lowest BCUT2D eigenvalue weighted by Crippen LogP contribution is -2.55. The highest BCUT2D eigenvalue weighted by atomic mass is 79.9. The Morgan fingerprint density at radius 3 is 2.55 bits per heavy atom. The standard InChI is InChI=1S/C23H20BrN3O4/c1-14(31-18-5-3-2-4-6-18)22(29)26-27-21(15-7-10-17(28)11-8-15)25-20-12-9-16(24)13-19(20)23(27)30/h2-14,21,25,28H,1H3,(H,26,29). The van der Waals surface area contributed by atoms with E-state index in [9.17, 15) is 14.7 Å². The number of phenolic OH excluding ortho intramolecular Hbond substituents is 1. The molecule has 0 spiro atoms. The van der Waals surface area contributed by atoms with Crippen LogP contribution in [0.15, 0.2) is 77.3 Å². The Morgan fingerprint density at radius 2 is 1.84 bits per heavy atom. The van der Waals surface area contributed by atoms with E-state index >= 15 is 0 Å². The molecule has 3 aromatic carbocycles. The Labute approximate surface area is 187 Å². The maximum Gasteiger partial charge on any atom is 0.279 e. The van der Waals surface area contributed by atoms with Gasteiger partial charge in [0.05, 0.1) is 5.56 Å². The fourth-order valence-electron chi connectivity index (χ4n) is 3.25. The highest BCUT2D eigenvalue weighted by Gasteiger charge is 2.35. The number of hydrogen-bond acceptors (Lipinski definition) is 5. The Balaban J connectivity index is 1.62. The van der Waals surface area contributed by atoms with E-state index in [1.807, 2.05) is 24.3 Å². The van der Waals surface area contributed by atoms with Crippen LogP contribution in [0.3, 0.4) is 0 Å². The van der Waals surface area contributed by atoms with Gasteiger partial charge in [0, 0.05) is 10.2 Å². The van der Waals surface area contributed by atoms with Crippen LogP contribution in [0.1, 0.15) is 29.0 Å². The molecule has 1 heterocycles. The molecule has 0 aliphatic carbocycles. The van der Waals surface area contributed by atoms with E-state index in [0.29, 0.717) is 22.6 Å². The van der Waals surface area contributed by atoms with Crippen LogP contribution in [0.4, 0.5) is 5.69 Å². The molecule has 0 bridgehead atoms. The van der Waals surface area contributed by atoms with Crippen LogP contribution in [-0.2, 0) is 4.79 Å². The summed E-state index contributed by atoms with van der Waals surface area (Å²) in [7, 11) is 0. The first-order chi connectivity index (χ1) is 14.9. The fraction of sp³-hybridized carbons (Fsp3) is 0.130. The van der Waals surface area contributed by atoms with Crippen molar-refractivity contribution < 1.29 is 19.4 Å². The van der Waals surface area contributed by atoms with Crippen LogP contribution in [0.25, 0.3) is 0 Å². The lowest BCUT2D eigenvalue weighted by molar-refractivity contribution is -0.132. The first kappa shape index (κ1) is 20.7. The van der Waals surface area contributed by atoms with E-state index < -0.39 is 18.2 Å². The maximum atomic E-state index is 13.3. The zero-order chi connectivity index (χ0) is 22.0. The number of phenols is 1. The summed E-state index contributed by atoms with van der Waals surface area (Å²) < 4.78 is 6.43. The molecule has 1 aliphatic rings. The smallest absolute Gasteiger partial charge is 0.279 e. The molecule has 0 radical (unpaired) electrons. The highest BCUT2D eigenvalue weighted by molar-refractivity contribution is 9.10. The molecule has 7 nitrogen and oxygen atoms in total. The highest BCUT2D eigenvalue weighted by Crippen LogP contribution is 2.34. The molecule has 0 fully saturated rings. The second kappa shape index (κ2) is 8.69. The van der Waals surface area contributed by atoms with E-state index in [0.717, 1.165) is 4.47 Å². The summed E-state index contributed by atoms with van der Waals surface area (Å²) in [5, 5.41) is 14.2. The zero-order valence-electron chi connectivity index (χ0n) is 16.6. The Kier molecular flexibility index (Phi) is 5.81. The number of nitrogens with zero attached hydrogens (tertiary/aromatic N) is 1. The number of hydrogen-bond donors (Lipinski definition) is 3. The Hall–Kier alpha value is -3.52. The third-order valence-electron chi connectivity index (χ3n) is 4.85. The number of halogens is 1. The summed E-state index contributed by atoms with van der Waals surface area (Å²) in [6.07, 6.45) is -1.51. The SMILES string of the molecule is CC(Oc1ccccc1)C(=O)NN1C(=O)c2cc(Br)ccc2NC1c1ccc(O)cc1. The summed E-state index contributed by atoms with van der Waals surface area (Å²) in [4.78, 5) is 26.2. The van der Waals surface area contributed by atoms with Gasteiger partial charge in [0.2, 0.25) is 0 Å². The number of carbonyl (C=O) groups excluding carboxylic acids is 2. The average molecular weight is 482 g/mol. The van der Waals surface area contributed by atoms with Gasteiger partial charge in [0.25, 0.3) is 11.8 Å². The molecule has 2 atom stereocenters. The van der Waals surface area contributed by atoms with Crippen LogP contribution in [0, 0.1) is 0 Å². The van der Waals surface area contributed by atoms with Gasteiger partial charge in [-0.25, -0.2) is 5.01 Å². The third-order valence-corrected chi connectivity index (χ3v) is 5.34. The number of carbonyl (C=O) groups is 2. The monoisotopic (exact) mass is 481 g/mol. The van der Waals surface area contributed by atoms with Crippen LogP contribution in [-0.4, -0.2) is 28.0 Å². The van der Waals surface area contributed by atoms with E-state index in [4.69, 9.17) is 4.74 Å². The van der Waals surface area contributed by atoms with Crippen molar-refractivity contribution in [1.29, 1.82) is 0 Å². The number of benzene rings is 3. The number of fused-ring (bicyclic) bond motifs is 1. The zero-order valence-corrected chi connectivity index (χ0v) is 18.2. The van der Waals surface area contributed by atoms with Gasteiger partial charge in [-0.05, 0) is 55.0 Å². The summed E-state index contributed by atoms with van der Waals surface area (Å²) >= 11 is 3.38. The minimum atomic E-state index is -0.834. The largest absolute Gasteiger partial charge is 0.508 e. The van der Waals surface area contributed by atoms with Crippen LogP contribution in [0.5, 0.6) is 11.5 Å². The van der Waals surface area contributed by atoms with Crippen LogP contribution in [0.2, 0.25) is 0 Å². The molecule has 3 aromatic rings. The number of para-hydroxylation sites is 1. The second-order valence-electron chi connectivity index (χ2n) is 7.05. The average Bonchev–Trinajstić information content (AvgIpc) is 2.77. The number of nitrogens with one attached hydrogen (secondary N) is 2. The molecule has 3 N–H and O–H groups in total. The Morgan fingerprint density at radius 1 is 1.13 bits per heavy atom. The number of rotatable bonds is 5. The minimum absolute atomic E-state index is 0.107. The molecule has 0 saturated heterocycles. The van der Waals surface area contributed by atoms with Crippen molar-refractivity contribution >= 4 is 33.4 Å². The van der Waals surface area contributed by atoms with Gasteiger partial charge < -0.3 is 15.2 Å². The topological polar surface area (TPSA) is 90.9 Å². The van der Waals surface area contributed by atoms with E-state index in [1.54, 1.807) is 43.3 Å². The maximum absolute atomic E-state index is 13.3.